The average molecular weight is 168 g/mol. The van der Waals surface area contributed by atoms with Gasteiger partial charge in [-0.3, -0.25) is 9.59 Å². The molecule has 3 heteroatoms. The van der Waals surface area contributed by atoms with Crippen molar-refractivity contribution in [3.8, 4) is 0 Å². The summed E-state index contributed by atoms with van der Waals surface area (Å²) in [6.07, 6.45) is 3.12. The van der Waals surface area contributed by atoms with Gasteiger partial charge in [-0.15, -0.1) is 0 Å². The molecule has 0 unspecified atom stereocenters. The second-order valence-corrected chi connectivity index (χ2v) is 4.02. The number of Topliss-reactive ketones (excluding diaryl/α,β-unsaturated/α-hetero) is 1. The van der Waals surface area contributed by atoms with Crippen molar-refractivity contribution in [3.05, 3.63) is 0 Å². The zero-order chi connectivity index (χ0) is 8.77. The third-order valence-electron chi connectivity index (χ3n) is 3.04. The lowest BCUT2D eigenvalue weighted by molar-refractivity contribution is -0.163. The van der Waals surface area contributed by atoms with E-state index in [4.69, 9.17) is 0 Å². The van der Waals surface area contributed by atoms with E-state index in [0.29, 0.717) is 18.6 Å². The smallest absolute Gasteiger partial charge is 0.308 e. The van der Waals surface area contributed by atoms with E-state index >= 15 is 0 Å². The van der Waals surface area contributed by atoms with Crippen LogP contribution in [0.25, 0.3) is 0 Å². The number of hydrogen-bond acceptors (Lipinski definition) is 3. The minimum absolute atomic E-state index is 0.0723. The van der Waals surface area contributed by atoms with Crippen molar-refractivity contribution in [2.24, 2.45) is 11.3 Å². The van der Waals surface area contributed by atoms with E-state index in [1.165, 1.54) is 7.11 Å². The maximum Gasteiger partial charge on any atom is 0.308 e. The molecule has 2 saturated carbocycles. The van der Waals surface area contributed by atoms with E-state index in [2.05, 4.69) is 4.74 Å². The number of ether oxygens (including phenoxy) is 1. The lowest BCUT2D eigenvalue weighted by Gasteiger charge is -2.51. The zero-order valence-electron chi connectivity index (χ0n) is 7.13. The fraction of sp³-hybridized carbons (Fsp3) is 0.778. The molecule has 0 saturated heterocycles. The maximum absolute atomic E-state index is 11.0. The van der Waals surface area contributed by atoms with E-state index < -0.39 is 0 Å². The van der Waals surface area contributed by atoms with Crippen molar-refractivity contribution in [1.29, 1.82) is 0 Å². The van der Waals surface area contributed by atoms with Crippen LogP contribution in [0, 0.1) is 11.3 Å². The number of methoxy groups -OCH3 is 1. The Kier molecular flexibility index (Phi) is 1.50. The van der Waals surface area contributed by atoms with Crippen LogP contribution in [0.3, 0.4) is 0 Å². The molecule has 66 valence electrons. The van der Waals surface area contributed by atoms with Crippen molar-refractivity contribution in [2.75, 3.05) is 7.11 Å². The summed E-state index contributed by atoms with van der Waals surface area (Å²) in [6.45, 7) is 0. The first kappa shape index (κ1) is 7.77. The third kappa shape index (κ3) is 0.958. The predicted octanol–water partition coefficient (Wildman–Crippen LogP) is 0.919. The monoisotopic (exact) mass is 168 g/mol. The van der Waals surface area contributed by atoms with Crippen LogP contribution in [0.15, 0.2) is 0 Å². The van der Waals surface area contributed by atoms with E-state index in [1.54, 1.807) is 0 Å². The first-order valence-electron chi connectivity index (χ1n) is 4.25. The Hall–Kier alpha value is -0.860. The van der Waals surface area contributed by atoms with Crippen LogP contribution in [0.1, 0.15) is 25.7 Å². The van der Waals surface area contributed by atoms with Gasteiger partial charge in [0.05, 0.1) is 13.0 Å². The fourth-order valence-electron chi connectivity index (χ4n) is 2.39. The summed E-state index contributed by atoms with van der Waals surface area (Å²) < 4.78 is 4.62. The molecule has 0 bridgehead atoms. The lowest BCUT2D eigenvalue weighted by Crippen LogP contribution is -2.50. The SMILES string of the molecule is COC(=O)C1CC2(CC(=O)C2)C1. The molecule has 0 aromatic rings. The fourth-order valence-corrected chi connectivity index (χ4v) is 2.39. The molecule has 2 aliphatic rings. The molecule has 2 rings (SSSR count). The summed E-state index contributed by atoms with van der Waals surface area (Å²) in [5, 5.41) is 0. The normalized spacial score (nSPS) is 26.2. The molecule has 3 nitrogen and oxygen atoms in total. The minimum Gasteiger partial charge on any atom is -0.469 e. The van der Waals surface area contributed by atoms with Gasteiger partial charge in [-0.25, -0.2) is 0 Å². The molecule has 2 fully saturated rings. The average Bonchev–Trinajstić information content (AvgIpc) is 1.92. The van der Waals surface area contributed by atoms with Crippen LogP contribution in [-0.2, 0) is 14.3 Å². The second kappa shape index (κ2) is 2.31. The number of esters is 1. The van der Waals surface area contributed by atoms with E-state index in [9.17, 15) is 9.59 Å². The van der Waals surface area contributed by atoms with Gasteiger partial charge in [0.25, 0.3) is 0 Å². The summed E-state index contributed by atoms with van der Waals surface area (Å²) in [7, 11) is 1.42. The van der Waals surface area contributed by atoms with Gasteiger partial charge < -0.3 is 4.74 Å². The van der Waals surface area contributed by atoms with Crippen LogP contribution in [0.5, 0.6) is 0 Å². The van der Waals surface area contributed by atoms with Crippen molar-refractivity contribution in [1.82, 2.24) is 0 Å². The molecular formula is C9H12O3. The number of ketones is 1. The highest BCUT2D eigenvalue weighted by molar-refractivity contribution is 5.87. The van der Waals surface area contributed by atoms with Crippen LogP contribution >= 0.6 is 0 Å². The molecule has 0 N–H and O–H groups in total. The molecule has 0 heterocycles. The van der Waals surface area contributed by atoms with E-state index in [-0.39, 0.29) is 17.3 Å². The molecular weight excluding hydrogens is 156 g/mol. The minimum atomic E-state index is -0.111. The van der Waals surface area contributed by atoms with Crippen LogP contribution < -0.4 is 0 Å². The van der Waals surface area contributed by atoms with Gasteiger partial charge in [0.2, 0.25) is 0 Å². The molecule has 0 atom stereocenters. The number of carbonyl (C=O) groups is 2. The van der Waals surface area contributed by atoms with Gasteiger partial charge in [0, 0.05) is 12.8 Å². The standard InChI is InChI=1S/C9H12O3/c1-12-8(11)6-2-9(3-6)4-7(10)5-9/h6H,2-5H2,1H3. The Bertz CT molecular complexity index is 228. The summed E-state index contributed by atoms with van der Waals surface area (Å²) in [5.74, 6) is 0.307. The van der Waals surface area contributed by atoms with Gasteiger partial charge in [-0.2, -0.15) is 0 Å². The molecule has 0 radical (unpaired) electrons. The van der Waals surface area contributed by atoms with Crippen molar-refractivity contribution < 1.29 is 14.3 Å². The maximum atomic E-state index is 11.0. The predicted molar refractivity (Wildman–Crippen MR) is 41.4 cm³/mol. The van der Waals surface area contributed by atoms with Crippen molar-refractivity contribution >= 4 is 11.8 Å². The molecule has 1 spiro atoms. The van der Waals surface area contributed by atoms with Gasteiger partial charge in [-0.1, -0.05) is 0 Å². The number of rotatable bonds is 1. The second-order valence-electron chi connectivity index (χ2n) is 4.02. The largest absolute Gasteiger partial charge is 0.469 e. The zero-order valence-corrected chi connectivity index (χ0v) is 7.13. The van der Waals surface area contributed by atoms with Gasteiger partial charge in [0.15, 0.2) is 0 Å². The van der Waals surface area contributed by atoms with Crippen LogP contribution in [0.2, 0.25) is 0 Å². The van der Waals surface area contributed by atoms with Crippen molar-refractivity contribution in [3.63, 3.8) is 0 Å². The molecule has 0 aliphatic heterocycles. The molecule has 0 aromatic heterocycles. The Morgan fingerprint density at radius 2 is 2.08 bits per heavy atom. The molecule has 0 aromatic carbocycles. The molecule has 0 amide bonds. The highest BCUT2D eigenvalue weighted by Crippen LogP contribution is 2.57. The third-order valence-corrected chi connectivity index (χ3v) is 3.04. The quantitative estimate of drug-likeness (QED) is 0.547. The molecule has 2 aliphatic carbocycles. The summed E-state index contributed by atoms with van der Waals surface area (Å²) in [6, 6.07) is 0. The van der Waals surface area contributed by atoms with Gasteiger partial charge >= 0.3 is 5.97 Å². The Labute approximate surface area is 71.1 Å². The Morgan fingerprint density at radius 3 is 2.50 bits per heavy atom. The summed E-state index contributed by atoms with van der Waals surface area (Å²) >= 11 is 0. The van der Waals surface area contributed by atoms with Crippen LogP contribution in [-0.4, -0.2) is 18.9 Å². The topological polar surface area (TPSA) is 43.4 Å². The summed E-state index contributed by atoms with van der Waals surface area (Å²) in [4.78, 5) is 21.7. The Balaban J connectivity index is 1.84. The van der Waals surface area contributed by atoms with E-state index in [1.807, 2.05) is 0 Å². The van der Waals surface area contributed by atoms with Crippen molar-refractivity contribution in [2.45, 2.75) is 25.7 Å². The number of carbonyl (C=O) groups excluding carboxylic acids is 2. The van der Waals surface area contributed by atoms with Gasteiger partial charge in [0.1, 0.15) is 5.78 Å². The first-order chi connectivity index (χ1) is 5.65. The molecule has 12 heavy (non-hydrogen) atoms. The van der Waals surface area contributed by atoms with Crippen LogP contribution in [0.4, 0.5) is 0 Å². The van der Waals surface area contributed by atoms with E-state index in [0.717, 1.165) is 12.8 Å². The first-order valence-corrected chi connectivity index (χ1v) is 4.25. The lowest BCUT2D eigenvalue weighted by atomic mass is 9.51. The summed E-state index contributed by atoms with van der Waals surface area (Å²) in [5.41, 5.74) is 0.218. The number of hydrogen-bond donors (Lipinski definition) is 0. The highest BCUT2D eigenvalue weighted by Gasteiger charge is 2.54. The van der Waals surface area contributed by atoms with Gasteiger partial charge in [-0.05, 0) is 18.3 Å². The highest BCUT2D eigenvalue weighted by atomic mass is 16.5. The Morgan fingerprint density at radius 1 is 1.50 bits per heavy atom.